The van der Waals surface area contributed by atoms with E-state index < -0.39 is 10.8 Å². The van der Waals surface area contributed by atoms with Crippen molar-refractivity contribution < 1.29 is 4.21 Å². The normalized spacial score (nSPS) is 12.5. The second kappa shape index (κ2) is 7.79. The maximum absolute atomic E-state index is 12.7. The molecule has 0 radical (unpaired) electrons. The summed E-state index contributed by atoms with van der Waals surface area (Å²) in [7, 11) is -1.13. The summed E-state index contributed by atoms with van der Waals surface area (Å²) in [5, 5.41) is 3.56. The first-order valence-corrected chi connectivity index (χ1v) is 11.5. The van der Waals surface area contributed by atoms with E-state index in [4.69, 9.17) is 10.7 Å². The first-order valence-electron chi connectivity index (χ1n) is 8.45. The molecule has 4 heterocycles. The zero-order valence-corrected chi connectivity index (χ0v) is 17.0. The van der Waals surface area contributed by atoms with E-state index in [1.807, 2.05) is 11.4 Å². The molecule has 0 saturated carbocycles. The highest BCUT2D eigenvalue weighted by Gasteiger charge is 2.21. The number of pyridine rings is 1. The van der Waals surface area contributed by atoms with E-state index in [2.05, 4.69) is 21.9 Å². The lowest BCUT2D eigenvalue weighted by atomic mass is 10.1. The molecule has 9 heteroatoms. The Kier molecular flexibility index (Phi) is 5.24. The highest BCUT2D eigenvalue weighted by atomic mass is 32.2. The van der Waals surface area contributed by atoms with Gasteiger partial charge in [-0.25, -0.2) is 19.9 Å². The number of unbranched alkanes of at least 4 members (excludes halogenated alkanes) is 1. The maximum Gasteiger partial charge on any atom is 0.141 e. The average molecular weight is 416 g/mol. The monoisotopic (exact) mass is 415 g/mol. The van der Waals surface area contributed by atoms with Crippen molar-refractivity contribution in [2.24, 2.45) is 0 Å². The van der Waals surface area contributed by atoms with Gasteiger partial charge in [0.1, 0.15) is 26.1 Å². The highest BCUT2D eigenvalue weighted by molar-refractivity contribution is 7.87. The molecular weight excluding hydrogens is 398 g/mol. The minimum Gasteiger partial charge on any atom is -0.396 e. The first kappa shape index (κ1) is 18.1. The molecule has 0 aliphatic heterocycles. The van der Waals surface area contributed by atoms with Crippen LogP contribution in [0.5, 0.6) is 0 Å². The quantitative estimate of drug-likeness (QED) is 0.502. The maximum atomic E-state index is 12.7. The summed E-state index contributed by atoms with van der Waals surface area (Å²) in [6.45, 7) is 2.08. The third-order valence-corrected chi connectivity index (χ3v) is 7.87. The Bertz CT molecular complexity index is 1090. The van der Waals surface area contributed by atoms with Crippen molar-refractivity contribution in [3.63, 3.8) is 0 Å². The molecule has 0 aliphatic carbocycles. The largest absolute Gasteiger partial charge is 0.396 e. The molecule has 0 bridgehead atoms. The number of aromatic nitrogens is 4. The fourth-order valence-electron chi connectivity index (χ4n) is 2.76. The molecule has 4 rings (SSSR count). The van der Waals surface area contributed by atoms with Gasteiger partial charge in [-0.05, 0) is 18.1 Å². The molecule has 0 amide bonds. The standard InChI is InChI=1S/C18H17N5OS3/c1-2-3-6-27(24)18-15(19)14-12(11-8-20-10-21-9-11)7-13(23-17(14)26-18)16-22-4-5-25-16/h4-5,7-10H,2-3,6,19H2,1H3. The summed E-state index contributed by atoms with van der Waals surface area (Å²) in [5.41, 5.74) is 9.48. The van der Waals surface area contributed by atoms with Gasteiger partial charge < -0.3 is 5.73 Å². The van der Waals surface area contributed by atoms with Crippen LogP contribution in [0.1, 0.15) is 19.8 Å². The van der Waals surface area contributed by atoms with Crippen LogP contribution in [0, 0.1) is 0 Å². The van der Waals surface area contributed by atoms with Gasteiger partial charge in [0.25, 0.3) is 0 Å². The van der Waals surface area contributed by atoms with Crippen LogP contribution < -0.4 is 5.73 Å². The summed E-state index contributed by atoms with van der Waals surface area (Å²) >= 11 is 2.93. The van der Waals surface area contributed by atoms with Crippen LogP contribution in [0.15, 0.2) is 40.6 Å². The summed E-state index contributed by atoms with van der Waals surface area (Å²) in [5.74, 6) is 0.608. The second-order valence-corrected chi connectivity index (χ2v) is 9.57. The number of nitrogen functional groups attached to an aromatic ring is 1. The summed E-state index contributed by atoms with van der Waals surface area (Å²) in [6, 6.07) is 1.96. The third-order valence-electron chi connectivity index (χ3n) is 4.08. The van der Waals surface area contributed by atoms with E-state index in [0.29, 0.717) is 15.6 Å². The van der Waals surface area contributed by atoms with E-state index in [9.17, 15) is 4.21 Å². The van der Waals surface area contributed by atoms with Crippen molar-refractivity contribution in [2.45, 2.75) is 24.0 Å². The molecule has 0 aliphatic rings. The number of hydrogen-bond donors (Lipinski definition) is 1. The summed E-state index contributed by atoms with van der Waals surface area (Å²) in [6.07, 6.45) is 8.64. The van der Waals surface area contributed by atoms with Gasteiger partial charge in [0, 0.05) is 40.7 Å². The lowest BCUT2D eigenvalue weighted by Crippen LogP contribution is -1.99. The highest BCUT2D eigenvalue weighted by Crippen LogP contribution is 2.42. The molecule has 0 saturated heterocycles. The number of nitrogens with two attached hydrogens (primary N) is 1. The fraction of sp³-hybridized carbons (Fsp3) is 0.222. The Morgan fingerprint density at radius 3 is 2.78 bits per heavy atom. The fourth-order valence-corrected chi connectivity index (χ4v) is 6.16. The average Bonchev–Trinajstić information content (AvgIpc) is 3.35. The molecule has 1 unspecified atom stereocenters. The van der Waals surface area contributed by atoms with E-state index in [-0.39, 0.29) is 0 Å². The number of hydrogen-bond acceptors (Lipinski definition) is 8. The predicted molar refractivity (Wildman–Crippen MR) is 112 cm³/mol. The number of thiophene rings is 1. The van der Waals surface area contributed by atoms with E-state index in [0.717, 1.165) is 44.9 Å². The minimum atomic E-state index is -1.13. The zero-order valence-electron chi connectivity index (χ0n) is 14.6. The van der Waals surface area contributed by atoms with Gasteiger partial charge >= 0.3 is 0 Å². The Hall–Kier alpha value is -2.23. The van der Waals surface area contributed by atoms with E-state index in [1.165, 1.54) is 29.0 Å². The smallest absolute Gasteiger partial charge is 0.141 e. The topological polar surface area (TPSA) is 94.6 Å². The second-order valence-electron chi connectivity index (χ2n) is 5.91. The zero-order chi connectivity index (χ0) is 18.8. The van der Waals surface area contributed by atoms with Crippen molar-refractivity contribution in [1.29, 1.82) is 0 Å². The van der Waals surface area contributed by atoms with Gasteiger partial charge in [0.2, 0.25) is 0 Å². The minimum absolute atomic E-state index is 0.543. The lowest BCUT2D eigenvalue weighted by molar-refractivity contribution is 0.681. The van der Waals surface area contributed by atoms with Gasteiger partial charge in [0.05, 0.1) is 16.5 Å². The van der Waals surface area contributed by atoms with Crippen LogP contribution in [0.25, 0.3) is 32.0 Å². The van der Waals surface area contributed by atoms with Crippen molar-refractivity contribution in [3.8, 4) is 21.8 Å². The Balaban J connectivity index is 1.95. The number of anilines is 1. The number of nitrogens with zero attached hydrogens (tertiary/aromatic N) is 4. The van der Waals surface area contributed by atoms with Crippen molar-refractivity contribution in [1.82, 2.24) is 19.9 Å². The van der Waals surface area contributed by atoms with Gasteiger partial charge in [-0.2, -0.15) is 0 Å². The number of rotatable bonds is 6. The van der Waals surface area contributed by atoms with Gasteiger partial charge in [-0.15, -0.1) is 22.7 Å². The van der Waals surface area contributed by atoms with E-state index >= 15 is 0 Å². The van der Waals surface area contributed by atoms with Crippen LogP contribution in [0.2, 0.25) is 0 Å². The summed E-state index contributed by atoms with van der Waals surface area (Å²) < 4.78 is 13.4. The van der Waals surface area contributed by atoms with Crippen molar-refractivity contribution in [2.75, 3.05) is 11.5 Å². The Morgan fingerprint density at radius 2 is 2.07 bits per heavy atom. The third kappa shape index (κ3) is 3.50. The van der Waals surface area contributed by atoms with E-state index in [1.54, 1.807) is 18.6 Å². The molecule has 0 fully saturated rings. The molecular formula is C18H17N5OS3. The molecule has 27 heavy (non-hydrogen) atoms. The predicted octanol–water partition coefficient (Wildman–Crippen LogP) is 4.37. The molecule has 1 atom stereocenters. The Labute approximate surface area is 167 Å². The van der Waals surface area contributed by atoms with Crippen molar-refractivity contribution in [3.05, 3.63) is 36.4 Å². The SMILES string of the molecule is CCCCS(=O)c1sc2nc(-c3nccs3)cc(-c3cncnc3)c2c1N. The molecule has 4 aromatic rings. The molecule has 0 spiro atoms. The lowest BCUT2D eigenvalue weighted by Gasteiger charge is -2.06. The molecule has 4 aromatic heterocycles. The van der Waals surface area contributed by atoms with Crippen molar-refractivity contribution >= 4 is 49.4 Å². The molecule has 2 N–H and O–H groups in total. The van der Waals surface area contributed by atoms with Crippen LogP contribution in [0.4, 0.5) is 5.69 Å². The van der Waals surface area contributed by atoms with Gasteiger partial charge in [-0.3, -0.25) is 4.21 Å². The van der Waals surface area contributed by atoms with Crippen LogP contribution in [-0.4, -0.2) is 29.9 Å². The van der Waals surface area contributed by atoms with Crippen LogP contribution >= 0.6 is 22.7 Å². The van der Waals surface area contributed by atoms with Gasteiger partial charge in [0.15, 0.2) is 0 Å². The Morgan fingerprint density at radius 1 is 1.26 bits per heavy atom. The van der Waals surface area contributed by atoms with Crippen LogP contribution in [0.3, 0.4) is 0 Å². The van der Waals surface area contributed by atoms with Gasteiger partial charge in [-0.1, -0.05) is 13.3 Å². The van der Waals surface area contributed by atoms with Crippen LogP contribution in [-0.2, 0) is 10.8 Å². The number of fused-ring (bicyclic) bond motifs is 1. The molecule has 0 aromatic carbocycles. The molecule has 138 valence electrons. The molecule has 6 nitrogen and oxygen atoms in total. The first-order chi connectivity index (χ1) is 13.2. The number of thiazole rings is 1. The summed E-state index contributed by atoms with van der Waals surface area (Å²) in [4.78, 5) is 18.2.